The number of rotatable bonds is 5. The van der Waals surface area contributed by atoms with Crippen LogP contribution in [0.2, 0.25) is 0 Å². The minimum atomic E-state index is 0.674. The van der Waals surface area contributed by atoms with Gasteiger partial charge in [0, 0.05) is 30.7 Å². The zero-order valence-corrected chi connectivity index (χ0v) is 14.1. The van der Waals surface area contributed by atoms with Crippen LogP contribution in [0.4, 0.5) is 0 Å². The molecule has 0 spiro atoms. The van der Waals surface area contributed by atoms with Gasteiger partial charge in [0.1, 0.15) is 0 Å². The van der Waals surface area contributed by atoms with E-state index in [0.29, 0.717) is 12.1 Å². The second-order valence-corrected chi connectivity index (χ2v) is 7.30. The normalized spacial score (nSPS) is 29.6. The maximum Gasteiger partial charge on any atom is 0.0195 e. The quantitative estimate of drug-likeness (QED) is 0.836. The molecule has 118 valence electrons. The number of hydrogen-bond donors (Lipinski definition) is 1. The average Bonchev–Trinajstić information content (AvgIpc) is 2.78. The van der Waals surface area contributed by atoms with Crippen molar-refractivity contribution < 1.29 is 0 Å². The van der Waals surface area contributed by atoms with Gasteiger partial charge in [-0.15, -0.1) is 0 Å². The Morgan fingerprint density at radius 2 is 1.85 bits per heavy atom. The molecular formula is C17H35N3. The third-order valence-electron chi connectivity index (χ3n) is 5.19. The highest BCUT2D eigenvalue weighted by Crippen LogP contribution is 2.21. The molecule has 0 aromatic rings. The van der Waals surface area contributed by atoms with E-state index in [4.69, 9.17) is 0 Å². The number of likely N-dealkylation sites (tertiary alicyclic amines) is 1. The van der Waals surface area contributed by atoms with E-state index in [9.17, 15) is 0 Å². The van der Waals surface area contributed by atoms with E-state index < -0.39 is 0 Å². The first-order valence-electron chi connectivity index (χ1n) is 8.81. The Hall–Kier alpha value is -0.120. The Morgan fingerprint density at radius 3 is 2.45 bits per heavy atom. The van der Waals surface area contributed by atoms with Crippen LogP contribution in [0, 0.1) is 0 Å². The van der Waals surface area contributed by atoms with Gasteiger partial charge in [0.05, 0.1) is 0 Å². The maximum absolute atomic E-state index is 3.67. The second-order valence-electron chi connectivity index (χ2n) is 7.30. The lowest BCUT2D eigenvalue weighted by Crippen LogP contribution is -2.47. The summed E-state index contributed by atoms with van der Waals surface area (Å²) in [7, 11) is 0. The van der Waals surface area contributed by atoms with Gasteiger partial charge in [-0.1, -0.05) is 0 Å². The first kappa shape index (κ1) is 16.3. The Bertz CT molecular complexity index is 271. The summed E-state index contributed by atoms with van der Waals surface area (Å²) in [5.41, 5.74) is 0. The minimum Gasteiger partial charge on any atom is -0.313 e. The zero-order valence-electron chi connectivity index (χ0n) is 14.1. The van der Waals surface area contributed by atoms with E-state index in [1.807, 2.05) is 0 Å². The summed E-state index contributed by atoms with van der Waals surface area (Å²) in [6.07, 6.45) is 6.83. The largest absolute Gasteiger partial charge is 0.313 e. The second kappa shape index (κ2) is 7.77. The highest BCUT2D eigenvalue weighted by atomic mass is 15.2. The highest BCUT2D eigenvalue weighted by Gasteiger charge is 2.28. The van der Waals surface area contributed by atoms with Gasteiger partial charge in [-0.05, 0) is 79.4 Å². The Balaban J connectivity index is 1.91. The third kappa shape index (κ3) is 4.44. The fraction of sp³-hybridized carbons (Fsp3) is 1.00. The van der Waals surface area contributed by atoms with Crippen LogP contribution in [-0.2, 0) is 0 Å². The molecule has 0 amide bonds. The summed E-state index contributed by atoms with van der Waals surface area (Å²) >= 11 is 0. The van der Waals surface area contributed by atoms with Crippen LogP contribution in [-0.4, -0.2) is 60.1 Å². The zero-order chi connectivity index (χ0) is 14.5. The van der Waals surface area contributed by atoms with Gasteiger partial charge in [-0.3, -0.25) is 4.90 Å². The number of hydrogen-bond acceptors (Lipinski definition) is 3. The molecule has 0 aromatic carbocycles. The Labute approximate surface area is 126 Å². The predicted octanol–water partition coefficient (Wildman–Crippen LogP) is 2.71. The average molecular weight is 281 g/mol. The van der Waals surface area contributed by atoms with Gasteiger partial charge >= 0.3 is 0 Å². The Kier molecular flexibility index (Phi) is 6.31. The summed E-state index contributed by atoms with van der Waals surface area (Å²) in [5, 5.41) is 3.67. The lowest BCUT2D eigenvalue weighted by molar-refractivity contribution is 0.124. The van der Waals surface area contributed by atoms with Crippen molar-refractivity contribution in [2.75, 3.05) is 26.2 Å². The van der Waals surface area contributed by atoms with E-state index in [0.717, 1.165) is 12.1 Å². The van der Waals surface area contributed by atoms with Crippen LogP contribution in [0.25, 0.3) is 0 Å². The standard InChI is InChI=1S/C17H35N3/c1-14(2)19-11-6-8-17(9-12-19)20(15(3)4)13-16-7-5-10-18-16/h14-18H,5-13H2,1-4H3. The smallest absolute Gasteiger partial charge is 0.0195 e. The van der Waals surface area contributed by atoms with Gasteiger partial charge in [0.25, 0.3) is 0 Å². The molecule has 2 atom stereocenters. The van der Waals surface area contributed by atoms with Gasteiger partial charge in [0.15, 0.2) is 0 Å². The molecule has 3 nitrogen and oxygen atoms in total. The van der Waals surface area contributed by atoms with E-state index in [2.05, 4.69) is 42.8 Å². The van der Waals surface area contributed by atoms with Crippen LogP contribution in [0.3, 0.4) is 0 Å². The van der Waals surface area contributed by atoms with Crippen molar-refractivity contribution in [2.24, 2.45) is 0 Å². The predicted molar refractivity (Wildman–Crippen MR) is 87.2 cm³/mol. The first-order valence-corrected chi connectivity index (χ1v) is 8.81. The van der Waals surface area contributed by atoms with Crippen LogP contribution in [0.15, 0.2) is 0 Å². The molecule has 2 aliphatic heterocycles. The molecule has 2 heterocycles. The molecule has 20 heavy (non-hydrogen) atoms. The van der Waals surface area contributed by atoms with Gasteiger partial charge in [0.2, 0.25) is 0 Å². The van der Waals surface area contributed by atoms with E-state index in [1.54, 1.807) is 0 Å². The fourth-order valence-electron chi connectivity index (χ4n) is 3.90. The molecule has 0 aliphatic carbocycles. The molecule has 2 saturated heterocycles. The molecule has 2 fully saturated rings. The number of nitrogens with one attached hydrogen (secondary N) is 1. The van der Waals surface area contributed by atoms with Crippen molar-refractivity contribution in [3.8, 4) is 0 Å². The molecule has 0 radical (unpaired) electrons. The van der Waals surface area contributed by atoms with Gasteiger partial charge < -0.3 is 10.2 Å². The number of nitrogens with zero attached hydrogens (tertiary/aromatic N) is 2. The maximum atomic E-state index is 3.67. The summed E-state index contributed by atoms with van der Waals surface area (Å²) in [6, 6.07) is 2.91. The lowest BCUT2D eigenvalue weighted by Gasteiger charge is -2.36. The summed E-state index contributed by atoms with van der Waals surface area (Å²) in [6.45, 7) is 14.5. The van der Waals surface area contributed by atoms with Crippen LogP contribution in [0.5, 0.6) is 0 Å². The summed E-state index contributed by atoms with van der Waals surface area (Å²) in [4.78, 5) is 5.44. The van der Waals surface area contributed by atoms with Crippen molar-refractivity contribution in [2.45, 2.75) is 84.0 Å². The molecule has 0 aromatic heterocycles. The minimum absolute atomic E-state index is 0.674. The van der Waals surface area contributed by atoms with Gasteiger partial charge in [-0.2, -0.15) is 0 Å². The fourth-order valence-corrected chi connectivity index (χ4v) is 3.90. The van der Waals surface area contributed by atoms with Crippen LogP contribution < -0.4 is 5.32 Å². The van der Waals surface area contributed by atoms with E-state index in [-0.39, 0.29) is 0 Å². The molecule has 2 aliphatic rings. The van der Waals surface area contributed by atoms with Crippen molar-refractivity contribution in [3.05, 3.63) is 0 Å². The SMILES string of the molecule is CC(C)N1CCCC(N(CC2CCCN2)C(C)C)CC1. The van der Waals surface area contributed by atoms with Gasteiger partial charge in [-0.25, -0.2) is 0 Å². The topological polar surface area (TPSA) is 18.5 Å². The molecule has 0 saturated carbocycles. The third-order valence-corrected chi connectivity index (χ3v) is 5.19. The Morgan fingerprint density at radius 1 is 1.05 bits per heavy atom. The highest BCUT2D eigenvalue weighted by molar-refractivity contribution is 4.85. The summed E-state index contributed by atoms with van der Waals surface area (Å²) < 4.78 is 0. The monoisotopic (exact) mass is 281 g/mol. The first-order chi connectivity index (χ1) is 9.58. The van der Waals surface area contributed by atoms with Crippen molar-refractivity contribution in [1.29, 1.82) is 0 Å². The summed E-state index contributed by atoms with van der Waals surface area (Å²) in [5.74, 6) is 0. The molecular weight excluding hydrogens is 246 g/mol. The molecule has 3 heteroatoms. The molecule has 2 rings (SSSR count). The molecule has 2 unspecified atom stereocenters. The lowest BCUT2D eigenvalue weighted by atomic mass is 10.0. The van der Waals surface area contributed by atoms with E-state index in [1.165, 1.54) is 58.3 Å². The van der Waals surface area contributed by atoms with Crippen LogP contribution in [0.1, 0.15) is 59.8 Å². The van der Waals surface area contributed by atoms with Crippen molar-refractivity contribution in [3.63, 3.8) is 0 Å². The molecule has 0 bridgehead atoms. The van der Waals surface area contributed by atoms with E-state index >= 15 is 0 Å². The van der Waals surface area contributed by atoms with Crippen molar-refractivity contribution in [1.82, 2.24) is 15.1 Å². The van der Waals surface area contributed by atoms with Crippen molar-refractivity contribution >= 4 is 0 Å². The molecule has 1 N–H and O–H groups in total. The van der Waals surface area contributed by atoms with Crippen LogP contribution >= 0.6 is 0 Å².